The fraction of sp³-hybridized carbons (Fsp3) is 0.444. The van der Waals surface area contributed by atoms with Crippen LogP contribution < -0.4 is 4.74 Å². The van der Waals surface area contributed by atoms with Crippen LogP contribution in [0.3, 0.4) is 0 Å². The molecule has 0 saturated carbocycles. The molecular formula is C27H28O11. The molecule has 0 bridgehead atoms. The van der Waals surface area contributed by atoms with Crippen LogP contribution in [0.1, 0.15) is 81.4 Å². The Balaban J connectivity index is 1.69. The third-order valence-electron chi connectivity index (χ3n) is 7.65. The van der Waals surface area contributed by atoms with Crippen LogP contribution in [0.5, 0.6) is 17.2 Å². The van der Waals surface area contributed by atoms with E-state index >= 15 is 0 Å². The Morgan fingerprint density at radius 1 is 1.03 bits per heavy atom. The van der Waals surface area contributed by atoms with E-state index in [1.54, 1.807) is 6.92 Å². The van der Waals surface area contributed by atoms with Gasteiger partial charge in [-0.3, -0.25) is 14.4 Å². The number of carbonyl (C=O) groups is 3. The van der Waals surface area contributed by atoms with E-state index in [0.29, 0.717) is 6.42 Å². The molecule has 5 N–H and O–H groups in total. The number of aliphatic hydroxyl groups excluding tert-OH is 3. The average molecular weight is 529 g/mol. The molecule has 0 spiro atoms. The number of fused-ring (bicyclic) bond motifs is 3. The predicted octanol–water partition coefficient (Wildman–Crippen LogP) is 1.44. The first-order valence-corrected chi connectivity index (χ1v) is 12.3. The van der Waals surface area contributed by atoms with Gasteiger partial charge in [-0.15, -0.1) is 0 Å². The number of methoxy groups -OCH3 is 1. The summed E-state index contributed by atoms with van der Waals surface area (Å²) in [4.78, 5) is 39.7. The summed E-state index contributed by atoms with van der Waals surface area (Å²) in [6.45, 7) is 0.765. The molecule has 1 fully saturated rings. The highest BCUT2D eigenvalue weighted by Gasteiger charge is 2.48. The largest absolute Gasteiger partial charge is 0.507 e. The third kappa shape index (κ3) is 3.89. The molecule has 2 aromatic rings. The van der Waals surface area contributed by atoms with Crippen LogP contribution in [-0.4, -0.2) is 75.1 Å². The van der Waals surface area contributed by atoms with Gasteiger partial charge in [-0.2, -0.15) is 0 Å². The summed E-state index contributed by atoms with van der Waals surface area (Å²) in [6, 6.07) is 4.37. The van der Waals surface area contributed by atoms with Gasteiger partial charge in [0.1, 0.15) is 23.9 Å². The van der Waals surface area contributed by atoms with Gasteiger partial charge in [-0.05, 0) is 25.8 Å². The minimum Gasteiger partial charge on any atom is -0.507 e. The van der Waals surface area contributed by atoms with Crippen LogP contribution in [0.2, 0.25) is 0 Å². The third-order valence-corrected chi connectivity index (χ3v) is 7.65. The average Bonchev–Trinajstić information content (AvgIpc) is 2.91. The second-order valence-electron chi connectivity index (χ2n) is 9.77. The minimum absolute atomic E-state index is 0.0549. The molecule has 0 amide bonds. The number of rotatable bonds is 5. The Kier molecular flexibility index (Phi) is 6.74. The van der Waals surface area contributed by atoms with Gasteiger partial charge < -0.3 is 39.7 Å². The van der Waals surface area contributed by atoms with Gasteiger partial charge in [0, 0.05) is 23.1 Å². The highest BCUT2D eigenvalue weighted by Crippen LogP contribution is 2.54. The number of benzene rings is 2. The standard InChI is InChI=1S/C27H28O11/c1-10-13(29)6-7-17(37-10)38-16-8-12(14(30)9-28)24(32)20-19(16)26(34)22-21(27(20)35)23(31)11-4-3-5-15(36-2)18(11)25(22)33/h3-5,10,12-13,16-17,24,28-29,32,34-35H,6-9H2,1-2H3/t10-,12+,13-,16-,17-,24?/m0/s1. The van der Waals surface area contributed by atoms with E-state index < -0.39 is 83.2 Å². The van der Waals surface area contributed by atoms with Crippen LogP contribution >= 0.6 is 0 Å². The van der Waals surface area contributed by atoms with Crippen LogP contribution in [0.15, 0.2) is 18.2 Å². The lowest BCUT2D eigenvalue weighted by Crippen LogP contribution is -2.40. The molecule has 11 heteroatoms. The number of phenolic OH excluding ortho intramolecular Hbond substituents is 2. The van der Waals surface area contributed by atoms with Gasteiger partial charge in [-0.25, -0.2) is 0 Å². The first kappa shape index (κ1) is 26.3. The summed E-state index contributed by atoms with van der Waals surface area (Å²) in [6.07, 6.45) is -4.59. The molecule has 0 radical (unpaired) electrons. The monoisotopic (exact) mass is 528 g/mol. The zero-order chi connectivity index (χ0) is 27.5. The van der Waals surface area contributed by atoms with E-state index in [0.717, 1.165) is 0 Å². The molecule has 1 unspecified atom stereocenters. The van der Waals surface area contributed by atoms with Crippen LogP contribution in [-0.2, 0) is 14.3 Å². The van der Waals surface area contributed by atoms with E-state index in [1.807, 2.05) is 0 Å². The van der Waals surface area contributed by atoms with Crippen molar-refractivity contribution in [1.82, 2.24) is 0 Å². The molecular weight excluding hydrogens is 500 g/mol. The highest BCUT2D eigenvalue weighted by atomic mass is 16.7. The second kappa shape index (κ2) is 9.75. The zero-order valence-electron chi connectivity index (χ0n) is 20.7. The first-order chi connectivity index (χ1) is 18.1. The summed E-state index contributed by atoms with van der Waals surface area (Å²) in [5.74, 6) is -4.85. The molecule has 11 nitrogen and oxygen atoms in total. The number of Topliss-reactive ketones (excluding diaryl/α,β-unsaturated/α-hetero) is 1. The van der Waals surface area contributed by atoms with E-state index in [1.165, 1.54) is 25.3 Å². The van der Waals surface area contributed by atoms with Gasteiger partial charge in [0.2, 0.25) is 5.78 Å². The molecule has 202 valence electrons. The Bertz CT molecular complexity index is 1330. The maximum atomic E-state index is 13.6. The van der Waals surface area contributed by atoms with Crippen LogP contribution in [0.25, 0.3) is 0 Å². The topological polar surface area (TPSA) is 180 Å². The predicted molar refractivity (Wildman–Crippen MR) is 128 cm³/mol. The number of hydrogen-bond donors (Lipinski definition) is 5. The van der Waals surface area contributed by atoms with Gasteiger partial charge in [0.25, 0.3) is 0 Å². The number of aromatic hydroxyl groups is 2. The number of phenols is 2. The van der Waals surface area contributed by atoms with Gasteiger partial charge >= 0.3 is 0 Å². The van der Waals surface area contributed by atoms with Crippen molar-refractivity contribution in [3.05, 3.63) is 51.6 Å². The minimum atomic E-state index is -1.71. The summed E-state index contributed by atoms with van der Waals surface area (Å²) < 4.78 is 17.1. The number of hydrogen-bond acceptors (Lipinski definition) is 11. The first-order valence-electron chi connectivity index (χ1n) is 12.3. The smallest absolute Gasteiger partial charge is 0.202 e. The summed E-state index contributed by atoms with van der Waals surface area (Å²) in [5.41, 5.74) is -1.60. The Morgan fingerprint density at radius 2 is 1.71 bits per heavy atom. The fourth-order valence-corrected chi connectivity index (χ4v) is 5.66. The van der Waals surface area contributed by atoms with E-state index in [4.69, 9.17) is 14.2 Å². The number of carbonyl (C=O) groups excluding carboxylic acids is 3. The summed E-state index contributed by atoms with van der Waals surface area (Å²) >= 11 is 0. The molecule has 1 heterocycles. The van der Waals surface area contributed by atoms with Crippen LogP contribution in [0, 0.1) is 5.92 Å². The molecule has 2 aromatic carbocycles. The van der Waals surface area contributed by atoms with Crippen molar-refractivity contribution in [3.63, 3.8) is 0 Å². The van der Waals surface area contributed by atoms with Gasteiger partial charge in [0.05, 0.1) is 54.1 Å². The zero-order valence-corrected chi connectivity index (χ0v) is 20.7. The van der Waals surface area contributed by atoms with E-state index in [9.17, 15) is 39.9 Å². The molecule has 2 aliphatic carbocycles. The highest BCUT2D eigenvalue weighted by molar-refractivity contribution is 6.31. The van der Waals surface area contributed by atoms with E-state index in [-0.39, 0.29) is 40.8 Å². The van der Waals surface area contributed by atoms with Gasteiger partial charge in [0.15, 0.2) is 17.9 Å². The molecule has 0 aromatic heterocycles. The summed E-state index contributed by atoms with van der Waals surface area (Å²) in [7, 11) is 1.33. The SMILES string of the molecule is COc1cccc2c1C(=O)c1c(O)c3c(c(O)c1C2=O)C(O)[C@@H](C(=O)CO)C[C@@H]3O[C@H]1CC[C@H](O)[C@H](C)O1. The number of aliphatic hydroxyl groups is 3. The van der Waals surface area contributed by atoms with Gasteiger partial charge in [-0.1, -0.05) is 12.1 Å². The van der Waals surface area contributed by atoms with Crippen molar-refractivity contribution in [2.75, 3.05) is 13.7 Å². The van der Waals surface area contributed by atoms with Crippen molar-refractivity contribution in [2.24, 2.45) is 5.92 Å². The Labute approximate surface area is 217 Å². The van der Waals surface area contributed by atoms with Crippen molar-refractivity contribution in [2.45, 2.75) is 56.9 Å². The van der Waals surface area contributed by atoms with E-state index in [2.05, 4.69) is 0 Å². The lowest BCUT2D eigenvalue weighted by atomic mass is 9.72. The van der Waals surface area contributed by atoms with Crippen molar-refractivity contribution >= 4 is 17.3 Å². The molecule has 1 saturated heterocycles. The molecule has 3 aliphatic rings. The lowest BCUT2D eigenvalue weighted by Gasteiger charge is -2.40. The Morgan fingerprint density at radius 3 is 2.37 bits per heavy atom. The number of ketones is 3. The Hall–Kier alpha value is -3.35. The quantitative estimate of drug-likeness (QED) is 0.302. The molecule has 1 aliphatic heterocycles. The molecule has 5 rings (SSSR count). The normalized spacial score (nSPS) is 28.3. The van der Waals surface area contributed by atoms with Crippen LogP contribution in [0.4, 0.5) is 0 Å². The maximum absolute atomic E-state index is 13.6. The number of ether oxygens (including phenoxy) is 3. The fourth-order valence-electron chi connectivity index (χ4n) is 5.66. The lowest BCUT2D eigenvalue weighted by molar-refractivity contribution is -0.240. The van der Waals surface area contributed by atoms with Crippen molar-refractivity contribution < 1.29 is 54.1 Å². The van der Waals surface area contributed by atoms with Crippen molar-refractivity contribution in [1.29, 1.82) is 0 Å². The maximum Gasteiger partial charge on any atom is 0.202 e. The molecule has 38 heavy (non-hydrogen) atoms. The second-order valence-corrected chi connectivity index (χ2v) is 9.77. The van der Waals surface area contributed by atoms with Crippen molar-refractivity contribution in [3.8, 4) is 17.2 Å². The molecule has 6 atom stereocenters. The summed E-state index contributed by atoms with van der Waals surface area (Å²) in [5, 5.41) is 53.4.